The van der Waals surface area contributed by atoms with Gasteiger partial charge in [-0.1, -0.05) is 11.6 Å². The number of hydrogen-bond donors (Lipinski definition) is 0. The Morgan fingerprint density at radius 1 is 1.24 bits per heavy atom. The fourth-order valence-corrected chi connectivity index (χ4v) is 5.50. The van der Waals surface area contributed by atoms with Crippen molar-refractivity contribution >= 4 is 33.4 Å². The van der Waals surface area contributed by atoms with Gasteiger partial charge in [0, 0.05) is 35.8 Å². The largest absolute Gasteiger partial charge is 0.496 e. The minimum absolute atomic E-state index is 0.103. The van der Waals surface area contributed by atoms with Crippen molar-refractivity contribution in [2.45, 2.75) is 30.3 Å². The first-order valence-electron chi connectivity index (χ1n) is 9.04. The average molecular weight is 435 g/mol. The number of ether oxygens (including phenoxy) is 1. The van der Waals surface area contributed by atoms with Crippen molar-refractivity contribution in [3.05, 3.63) is 58.1 Å². The molecule has 1 fully saturated rings. The van der Waals surface area contributed by atoms with Crippen LogP contribution in [0.3, 0.4) is 0 Å². The molecule has 0 radical (unpaired) electrons. The van der Waals surface area contributed by atoms with E-state index in [1.54, 1.807) is 25.2 Å². The number of carbonyl (C=O) groups excluding carboxylic acids is 2. The quantitative estimate of drug-likeness (QED) is 0.722. The Bertz CT molecular complexity index is 1130. The number of rotatable bonds is 5. The highest BCUT2D eigenvalue weighted by Gasteiger charge is 2.48. The van der Waals surface area contributed by atoms with E-state index in [4.69, 9.17) is 16.3 Å². The van der Waals surface area contributed by atoms with E-state index in [0.717, 1.165) is 9.87 Å². The Morgan fingerprint density at radius 2 is 1.97 bits per heavy atom. The minimum Gasteiger partial charge on any atom is -0.496 e. The van der Waals surface area contributed by atoms with Crippen LogP contribution in [0.4, 0.5) is 0 Å². The molecular weight excluding hydrogens is 416 g/mol. The van der Waals surface area contributed by atoms with Gasteiger partial charge in [-0.25, -0.2) is 12.7 Å². The number of fused-ring (bicyclic) bond motifs is 1. The topological polar surface area (TPSA) is 84.0 Å². The lowest BCUT2D eigenvalue weighted by Gasteiger charge is -2.19. The van der Waals surface area contributed by atoms with Crippen LogP contribution in [-0.2, 0) is 16.6 Å². The molecule has 0 aromatic heterocycles. The molecular formula is C20H19ClN2O5S. The second-order valence-electron chi connectivity index (χ2n) is 7.17. The molecule has 1 heterocycles. The maximum absolute atomic E-state index is 12.9. The second kappa shape index (κ2) is 7.03. The summed E-state index contributed by atoms with van der Waals surface area (Å²) >= 11 is 6.04. The number of amides is 2. The molecule has 0 N–H and O–H groups in total. The maximum Gasteiger partial charge on any atom is 0.269 e. The summed E-state index contributed by atoms with van der Waals surface area (Å²) in [5.74, 6) is -0.294. The molecule has 2 aromatic carbocycles. The van der Waals surface area contributed by atoms with E-state index in [1.807, 2.05) is 0 Å². The fourth-order valence-electron chi connectivity index (χ4n) is 3.47. The van der Waals surface area contributed by atoms with Gasteiger partial charge in [0.15, 0.2) is 0 Å². The average Bonchev–Trinajstić information content (AvgIpc) is 3.48. The third-order valence-corrected chi connectivity index (χ3v) is 7.18. The molecule has 0 saturated heterocycles. The van der Waals surface area contributed by atoms with Gasteiger partial charge < -0.3 is 9.64 Å². The smallest absolute Gasteiger partial charge is 0.269 e. The van der Waals surface area contributed by atoms with Crippen LogP contribution in [-0.4, -0.2) is 49.6 Å². The van der Waals surface area contributed by atoms with E-state index >= 15 is 0 Å². The highest BCUT2D eigenvalue weighted by Crippen LogP contribution is 2.39. The highest BCUT2D eigenvalue weighted by molar-refractivity contribution is 7.90. The van der Waals surface area contributed by atoms with Gasteiger partial charge in [0.25, 0.3) is 21.8 Å². The zero-order chi connectivity index (χ0) is 20.9. The van der Waals surface area contributed by atoms with Crippen molar-refractivity contribution in [1.82, 2.24) is 9.21 Å². The molecule has 2 aromatic rings. The first-order valence-corrected chi connectivity index (χ1v) is 10.9. The molecule has 0 atom stereocenters. The normalized spacial score (nSPS) is 17.2. The summed E-state index contributed by atoms with van der Waals surface area (Å²) in [5, 5.41) is 0.518. The molecule has 29 heavy (non-hydrogen) atoms. The first kappa shape index (κ1) is 19.7. The Balaban J connectivity index is 1.62. The molecule has 2 amide bonds. The number of carbonyl (C=O) groups is 2. The maximum atomic E-state index is 12.9. The molecule has 2 aliphatic rings. The Morgan fingerprint density at radius 3 is 2.62 bits per heavy atom. The van der Waals surface area contributed by atoms with Crippen molar-refractivity contribution in [1.29, 1.82) is 0 Å². The van der Waals surface area contributed by atoms with Gasteiger partial charge in [-0.15, -0.1) is 0 Å². The van der Waals surface area contributed by atoms with E-state index in [-0.39, 0.29) is 34.5 Å². The minimum atomic E-state index is -3.91. The monoisotopic (exact) mass is 434 g/mol. The summed E-state index contributed by atoms with van der Waals surface area (Å²) in [7, 11) is -0.780. The van der Waals surface area contributed by atoms with E-state index in [0.29, 0.717) is 23.6 Å². The molecule has 1 saturated carbocycles. The number of methoxy groups -OCH3 is 1. The number of sulfonamides is 1. The zero-order valence-electron chi connectivity index (χ0n) is 15.9. The lowest BCUT2D eigenvalue weighted by atomic mass is 10.1. The third-order valence-electron chi connectivity index (χ3n) is 5.07. The van der Waals surface area contributed by atoms with Crippen LogP contribution in [0.25, 0.3) is 0 Å². The SMILES string of the molecule is COc1ccc(Cl)cc1CN(C)C(=O)c1ccc2c(c1)S(=O)(=O)N(C1CC1)C2=O. The third kappa shape index (κ3) is 3.36. The van der Waals surface area contributed by atoms with Crippen LogP contribution in [0.2, 0.25) is 5.02 Å². The standard InChI is InChI=1S/C20H19ClN2O5S/c1-22(11-13-9-14(21)4-8-17(13)28-2)19(24)12-3-7-16-18(10-12)29(26,27)23(20(16)25)15-5-6-15/h3-4,7-10,15H,5-6,11H2,1-2H3. The Labute approximate surface area is 173 Å². The Kier molecular flexibility index (Phi) is 4.78. The van der Waals surface area contributed by atoms with Gasteiger partial charge in [-0.3, -0.25) is 9.59 Å². The molecule has 0 bridgehead atoms. The molecule has 7 nitrogen and oxygen atoms in total. The van der Waals surface area contributed by atoms with Crippen LogP contribution >= 0.6 is 11.6 Å². The summed E-state index contributed by atoms with van der Waals surface area (Å²) in [6.45, 7) is 0.222. The number of hydrogen-bond acceptors (Lipinski definition) is 5. The van der Waals surface area contributed by atoms with Crippen LogP contribution in [0.5, 0.6) is 5.75 Å². The fraction of sp³-hybridized carbons (Fsp3) is 0.300. The summed E-state index contributed by atoms with van der Waals surface area (Å²) in [6.07, 6.45) is 1.35. The van der Waals surface area contributed by atoms with Crippen LogP contribution in [0.15, 0.2) is 41.3 Å². The number of benzene rings is 2. The van der Waals surface area contributed by atoms with Gasteiger partial charge in [-0.2, -0.15) is 0 Å². The van der Waals surface area contributed by atoms with Gasteiger partial charge in [0.2, 0.25) is 0 Å². The highest BCUT2D eigenvalue weighted by atomic mass is 35.5. The van der Waals surface area contributed by atoms with Gasteiger partial charge in [0.1, 0.15) is 10.6 Å². The Hall–Kier alpha value is -2.58. The predicted molar refractivity (Wildman–Crippen MR) is 107 cm³/mol. The van der Waals surface area contributed by atoms with Crippen molar-refractivity contribution in [3.8, 4) is 5.75 Å². The van der Waals surface area contributed by atoms with Crippen molar-refractivity contribution in [2.75, 3.05) is 14.2 Å². The molecule has 0 unspecified atom stereocenters. The van der Waals surface area contributed by atoms with Crippen molar-refractivity contribution in [2.24, 2.45) is 0 Å². The lowest BCUT2D eigenvalue weighted by Crippen LogP contribution is -2.32. The molecule has 0 spiro atoms. The molecule has 9 heteroatoms. The number of nitrogens with zero attached hydrogens (tertiary/aromatic N) is 2. The molecule has 152 valence electrons. The molecule has 1 aliphatic heterocycles. The van der Waals surface area contributed by atoms with Crippen molar-refractivity contribution in [3.63, 3.8) is 0 Å². The lowest BCUT2D eigenvalue weighted by molar-refractivity contribution is 0.0782. The predicted octanol–water partition coefficient (Wildman–Crippen LogP) is 2.93. The molecule has 4 rings (SSSR count). The summed E-state index contributed by atoms with van der Waals surface area (Å²) < 4.78 is 31.8. The van der Waals surface area contributed by atoms with Gasteiger partial charge in [-0.05, 0) is 49.2 Å². The van der Waals surface area contributed by atoms with E-state index < -0.39 is 15.9 Å². The molecule has 1 aliphatic carbocycles. The van der Waals surface area contributed by atoms with Crippen molar-refractivity contribution < 1.29 is 22.7 Å². The van der Waals surface area contributed by atoms with Gasteiger partial charge in [0.05, 0.1) is 12.7 Å². The summed E-state index contributed by atoms with van der Waals surface area (Å²) in [5.41, 5.74) is 1.04. The number of halogens is 1. The van der Waals surface area contributed by atoms with E-state index in [2.05, 4.69) is 0 Å². The van der Waals surface area contributed by atoms with E-state index in [9.17, 15) is 18.0 Å². The summed E-state index contributed by atoms with van der Waals surface area (Å²) in [6, 6.07) is 9.05. The van der Waals surface area contributed by atoms with Crippen LogP contribution < -0.4 is 4.74 Å². The van der Waals surface area contributed by atoms with Crippen LogP contribution in [0, 0.1) is 0 Å². The van der Waals surface area contributed by atoms with Crippen LogP contribution in [0.1, 0.15) is 39.1 Å². The van der Waals surface area contributed by atoms with E-state index in [1.165, 1.54) is 30.2 Å². The zero-order valence-corrected chi connectivity index (χ0v) is 17.5. The summed E-state index contributed by atoms with van der Waals surface area (Å²) in [4.78, 5) is 26.7. The van der Waals surface area contributed by atoms with Gasteiger partial charge >= 0.3 is 0 Å². The second-order valence-corrected chi connectivity index (χ2v) is 9.39. The first-order chi connectivity index (χ1) is 13.7.